The molecule has 1 aliphatic heterocycles. The third-order valence-corrected chi connectivity index (χ3v) is 5.84. The largest absolute Gasteiger partial charge is 0.352 e. The van der Waals surface area contributed by atoms with Crippen molar-refractivity contribution in [2.75, 3.05) is 46.0 Å². The minimum Gasteiger partial charge on any atom is -0.352 e. The van der Waals surface area contributed by atoms with E-state index in [0.717, 1.165) is 37.4 Å². The van der Waals surface area contributed by atoms with Crippen molar-refractivity contribution < 1.29 is 4.79 Å². The van der Waals surface area contributed by atoms with Crippen LogP contribution in [0.4, 0.5) is 0 Å². The van der Waals surface area contributed by atoms with Gasteiger partial charge in [0.2, 0.25) is 5.91 Å². The average molecular weight is 456 g/mol. The van der Waals surface area contributed by atoms with Crippen LogP contribution in [0, 0.1) is 29.6 Å². The summed E-state index contributed by atoms with van der Waals surface area (Å²) in [7, 11) is 2.17. The van der Waals surface area contributed by atoms with E-state index in [0.29, 0.717) is 25.1 Å². The number of aliphatic imine (C=N–C) groups is 1. The van der Waals surface area contributed by atoms with Crippen LogP contribution < -0.4 is 10.6 Å². The average Bonchev–Trinajstić information content (AvgIpc) is 2.77. The second-order valence-electron chi connectivity index (χ2n) is 7.97. The Morgan fingerprint density at radius 2 is 2.16 bits per heavy atom. The Kier molecular flexibility index (Phi) is 14.1. The van der Waals surface area contributed by atoms with Crippen molar-refractivity contribution in [3.63, 3.8) is 0 Å². The smallest absolute Gasteiger partial charge is 0.234 e. The highest BCUT2D eigenvalue weighted by Gasteiger charge is 2.10. The topological polar surface area (TPSA) is 80.5 Å². The molecule has 0 aromatic heterocycles. The number of terminal acetylenes is 1. The molecule has 2 N–H and O–H groups in total. The summed E-state index contributed by atoms with van der Waals surface area (Å²) in [6, 6.07) is 2.11. The molecule has 0 saturated heterocycles. The van der Waals surface area contributed by atoms with Crippen molar-refractivity contribution in [2.45, 2.75) is 39.5 Å². The van der Waals surface area contributed by atoms with Gasteiger partial charge in [0.25, 0.3) is 0 Å². The van der Waals surface area contributed by atoms with Crippen molar-refractivity contribution >= 4 is 22.7 Å². The van der Waals surface area contributed by atoms with Crippen LogP contribution in [0.15, 0.2) is 40.1 Å². The number of nitrogens with one attached hydrogen (secondary N) is 2. The molecule has 0 bridgehead atoms. The maximum Gasteiger partial charge on any atom is 0.234 e. The van der Waals surface area contributed by atoms with Crippen LogP contribution in [-0.2, 0) is 4.79 Å². The van der Waals surface area contributed by atoms with Crippen LogP contribution in [-0.4, -0.2) is 61.9 Å². The molecular formula is C25H37N5OS. The van der Waals surface area contributed by atoms with Gasteiger partial charge in [0.1, 0.15) is 0 Å². The predicted molar refractivity (Wildman–Crippen MR) is 136 cm³/mol. The number of allylic oxidation sites excluding steroid dienone is 4. The quantitative estimate of drug-likeness (QED) is 0.173. The van der Waals surface area contributed by atoms with Crippen LogP contribution in [0.3, 0.4) is 0 Å². The molecule has 32 heavy (non-hydrogen) atoms. The van der Waals surface area contributed by atoms with Gasteiger partial charge in [-0.25, -0.2) is 4.99 Å². The Balaban J connectivity index is 2.43. The van der Waals surface area contributed by atoms with Crippen LogP contribution in [0.1, 0.15) is 39.5 Å². The summed E-state index contributed by atoms with van der Waals surface area (Å²) in [5, 5.41) is 16.1. The first kappa shape index (κ1) is 27.7. The molecular weight excluding hydrogens is 418 g/mol. The van der Waals surface area contributed by atoms with Crippen molar-refractivity contribution in [2.24, 2.45) is 10.9 Å². The van der Waals surface area contributed by atoms with Gasteiger partial charge in [-0.2, -0.15) is 5.26 Å². The number of thioether (sulfide) groups is 1. The first-order valence-corrected chi connectivity index (χ1v) is 12.3. The number of hydrogen-bond donors (Lipinski definition) is 2. The lowest BCUT2D eigenvalue weighted by molar-refractivity contribution is -0.119. The van der Waals surface area contributed by atoms with E-state index in [-0.39, 0.29) is 18.4 Å². The SMILES string of the molecule is C#CC/C(C#N)=C\C(C)/C=C\CNC(=O)CNCC(=N/C1=C(\C)CCN(C)CCC1)SC. The van der Waals surface area contributed by atoms with Crippen LogP contribution in [0.2, 0.25) is 0 Å². The lowest BCUT2D eigenvalue weighted by Crippen LogP contribution is -2.35. The molecule has 1 unspecified atom stereocenters. The van der Waals surface area contributed by atoms with Gasteiger partial charge in [-0.15, -0.1) is 24.1 Å². The highest BCUT2D eigenvalue weighted by Crippen LogP contribution is 2.20. The second kappa shape index (κ2) is 16.3. The molecule has 0 aliphatic carbocycles. The van der Waals surface area contributed by atoms with Gasteiger partial charge in [0, 0.05) is 37.3 Å². The van der Waals surface area contributed by atoms with Gasteiger partial charge in [0.15, 0.2) is 0 Å². The number of rotatable bonds is 10. The minimum atomic E-state index is -0.0623. The van der Waals surface area contributed by atoms with Crippen molar-refractivity contribution in [1.82, 2.24) is 15.5 Å². The van der Waals surface area contributed by atoms with Gasteiger partial charge < -0.3 is 15.5 Å². The summed E-state index contributed by atoms with van der Waals surface area (Å²) in [6.07, 6.45) is 16.5. The third kappa shape index (κ3) is 11.9. The maximum atomic E-state index is 12.1. The number of hydrogen-bond acceptors (Lipinski definition) is 6. The normalized spacial score (nSPS) is 19.7. The zero-order valence-corrected chi connectivity index (χ0v) is 20.7. The Labute approximate surface area is 198 Å². The Morgan fingerprint density at radius 1 is 1.38 bits per heavy atom. The van der Waals surface area contributed by atoms with Crippen LogP contribution in [0.25, 0.3) is 0 Å². The minimum absolute atomic E-state index is 0.0623. The molecule has 0 fully saturated rings. The highest BCUT2D eigenvalue weighted by atomic mass is 32.2. The molecule has 1 heterocycles. The van der Waals surface area contributed by atoms with E-state index in [9.17, 15) is 4.79 Å². The first-order valence-electron chi connectivity index (χ1n) is 11.1. The summed E-state index contributed by atoms with van der Waals surface area (Å²) in [5.74, 6) is 2.50. The summed E-state index contributed by atoms with van der Waals surface area (Å²) < 4.78 is 0. The summed E-state index contributed by atoms with van der Waals surface area (Å²) in [5.41, 5.74) is 3.14. The van der Waals surface area contributed by atoms with Crippen molar-refractivity contribution in [3.05, 3.63) is 35.1 Å². The molecule has 0 aromatic rings. The number of carbonyl (C=O) groups excluding carboxylic acids is 1. The fourth-order valence-corrected chi connectivity index (χ4v) is 3.67. The lowest BCUT2D eigenvalue weighted by atomic mass is 10.1. The van der Waals surface area contributed by atoms with Gasteiger partial charge >= 0.3 is 0 Å². The van der Waals surface area contributed by atoms with Crippen molar-refractivity contribution in [1.29, 1.82) is 5.26 Å². The molecule has 0 aromatic carbocycles. The summed E-state index contributed by atoms with van der Waals surface area (Å²) in [4.78, 5) is 19.3. The Hall–Kier alpha value is -2.32. The van der Waals surface area contributed by atoms with E-state index in [1.54, 1.807) is 11.8 Å². The molecule has 7 heteroatoms. The second-order valence-corrected chi connectivity index (χ2v) is 8.85. The fraction of sp³-hybridized carbons (Fsp3) is 0.560. The van der Waals surface area contributed by atoms with Crippen molar-refractivity contribution in [3.8, 4) is 18.4 Å². The van der Waals surface area contributed by atoms with Gasteiger partial charge in [-0.3, -0.25) is 4.79 Å². The van der Waals surface area contributed by atoms with Crippen LogP contribution >= 0.6 is 11.8 Å². The van der Waals surface area contributed by atoms with Gasteiger partial charge in [-0.05, 0) is 52.0 Å². The third-order valence-electron chi connectivity index (χ3n) is 5.13. The molecule has 0 spiro atoms. The fourth-order valence-electron chi connectivity index (χ4n) is 3.22. The monoisotopic (exact) mass is 455 g/mol. The van der Waals surface area contributed by atoms with E-state index in [1.807, 2.05) is 31.4 Å². The zero-order chi connectivity index (χ0) is 23.8. The first-order chi connectivity index (χ1) is 15.4. The predicted octanol–water partition coefficient (Wildman–Crippen LogP) is 3.51. The number of nitriles is 1. The number of nitrogens with zero attached hydrogens (tertiary/aromatic N) is 3. The number of amides is 1. The number of carbonyl (C=O) groups is 1. The molecule has 6 nitrogen and oxygen atoms in total. The van der Waals surface area contributed by atoms with Gasteiger partial charge in [-0.1, -0.05) is 30.7 Å². The molecule has 1 amide bonds. The summed E-state index contributed by atoms with van der Waals surface area (Å²) >= 11 is 1.62. The van der Waals surface area contributed by atoms with E-state index in [1.165, 1.54) is 11.3 Å². The lowest BCUT2D eigenvalue weighted by Gasteiger charge is -2.21. The molecule has 0 saturated carbocycles. The summed E-state index contributed by atoms with van der Waals surface area (Å²) in [6.45, 7) is 7.60. The van der Waals surface area contributed by atoms with Crippen LogP contribution in [0.5, 0.6) is 0 Å². The molecule has 174 valence electrons. The maximum absolute atomic E-state index is 12.1. The Bertz CT molecular complexity index is 813. The standard InChI is InChI=1S/C25H37N5OS/c1-6-9-22(17-26)16-20(2)10-7-13-28-24(31)18-27-19-25(32-5)29-23-11-8-14-30(4)15-12-21(23)3/h1,7,10,16,20,27H,8-9,11-15,18-19H2,2-5H3,(H,28,31)/b10-7-,22-16+,23-21+,29-25?. The molecule has 1 aliphatic rings. The Morgan fingerprint density at radius 3 is 2.84 bits per heavy atom. The highest BCUT2D eigenvalue weighted by molar-refractivity contribution is 8.13. The van der Waals surface area contributed by atoms with E-state index in [2.05, 4.69) is 41.5 Å². The van der Waals surface area contributed by atoms with Gasteiger partial charge in [0.05, 0.1) is 17.7 Å². The zero-order valence-electron chi connectivity index (χ0n) is 19.9. The molecule has 1 atom stereocenters. The van der Waals surface area contributed by atoms with E-state index < -0.39 is 0 Å². The molecule has 0 radical (unpaired) electrons. The van der Waals surface area contributed by atoms with E-state index >= 15 is 0 Å². The van der Waals surface area contributed by atoms with E-state index in [4.69, 9.17) is 16.7 Å². The molecule has 1 rings (SSSR count).